The fourth-order valence-corrected chi connectivity index (χ4v) is 3.37. The molecule has 2 amide bonds. The Morgan fingerprint density at radius 1 is 1.00 bits per heavy atom. The summed E-state index contributed by atoms with van der Waals surface area (Å²) in [6.07, 6.45) is 3.88. The van der Waals surface area contributed by atoms with E-state index in [-0.39, 0.29) is 6.03 Å². The monoisotopic (exact) mass is 358 g/mol. The highest BCUT2D eigenvalue weighted by molar-refractivity contribution is 5.89. The largest absolute Gasteiger partial charge is 0.322 e. The molecule has 26 heavy (non-hydrogen) atoms. The van der Waals surface area contributed by atoms with E-state index in [4.69, 9.17) is 0 Å². The maximum atomic E-state index is 12.8. The predicted octanol–water partition coefficient (Wildman–Crippen LogP) is 2.13. The van der Waals surface area contributed by atoms with Gasteiger partial charge in [0.15, 0.2) is 0 Å². The van der Waals surface area contributed by atoms with E-state index < -0.39 is 0 Å². The molecule has 2 aromatic heterocycles. The third-order valence-corrected chi connectivity index (χ3v) is 5.11. The zero-order valence-electron chi connectivity index (χ0n) is 16.1. The fraction of sp³-hybridized carbons (Fsp3) is 0.579. The molecule has 0 radical (unpaired) electrons. The van der Waals surface area contributed by atoms with Crippen molar-refractivity contribution in [1.82, 2.24) is 24.1 Å². The summed E-state index contributed by atoms with van der Waals surface area (Å²) in [6.45, 7) is 13.8. The Morgan fingerprint density at radius 2 is 1.62 bits per heavy atom. The number of hydrogen-bond acceptors (Lipinski definition) is 4. The number of anilines is 1. The van der Waals surface area contributed by atoms with E-state index in [9.17, 15) is 4.79 Å². The van der Waals surface area contributed by atoms with Crippen molar-refractivity contribution in [2.45, 2.75) is 20.8 Å². The lowest BCUT2D eigenvalue weighted by Gasteiger charge is -2.25. The molecule has 0 unspecified atom stereocenters. The van der Waals surface area contributed by atoms with Gasteiger partial charge in [-0.1, -0.05) is 13.8 Å². The number of aryl methyl sites for hydroxylation is 1. The van der Waals surface area contributed by atoms with Gasteiger partial charge in [-0.15, -0.1) is 0 Å². The number of likely N-dealkylation sites (N-methyl/N-ethyl adjacent to an activating group) is 2. The second-order valence-corrected chi connectivity index (χ2v) is 6.85. The SMILES string of the molecule is CCN1CCN(CC)CCN(C(=O)Nc2ccc3nc(C)cn3c2)CC1. The van der Waals surface area contributed by atoms with E-state index in [1.807, 2.05) is 40.8 Å². The quantitative estimate of drug-likeness (QED) is 0.913. The van der Waals surface area contributed by atoms with Gasteiger partial charge in [0.25, 0.3) is 0 Å². The molecule has 3 heterocycles. The molecular weight excluding hydrogens is 328 g/mol. The van der Waals surface area contributed by atoms with Gasteiger partial charge < -0.3 is 24.4 Å². The van der Waals surface area contributed by atoms with Crippen LogP contribution in [0.5, 0.6) is 0 Å². The number of hydrogen-bond donors (Lipinski definition) is 1. The molecule has 1 fully saturated rings. The van der Waals surface area contributed by atoms with E-state index in [1.165, 1.54) is 0 Å². The van der Waals surface area contributed by atoms with Gasteiger partial charge >= 0.3 is 6.03 Å². The summed E-state index contributed by atoms with van der Waals surface area (Å²) >= 11 is 0. The van der Waals surface area contributed by atoms with Crippen LogP contribution in [0, 0.1) is 6.92 Å². The van der Waals surface area contributed by atoms with Gasteiger partial charge in [0, 0.05) is 51.7 Å². The van der Waals surface area contributed by atoms with Crippen molar-refractivity contribution in [3.05, 3.63) is 30.2 Å². The fourth-order valence-electron chi connectivity index (χ4n) is 3.37. The number of imidazole rings is 1. The lowest BCUT2D eigenvalue weighted by Crippen LogP contribution is -2.42. The minimum absolute atomic E-state index is 0.0322. The Morgan fingerprint density at radius 3 is 2.23 bits per heavy atom. The Bertz CT molecular complexity index is 727. The van der Waals surface area contributed by atoms with Crippen molar-refractivity contribution in [3.8, 4) is 0 Å². The van der Waals surface area contributed by atoms with Gasteiger partial charge in [0.2, 0.25) is 0 Å². The third-order valence-electron chi connectivity index (χ3n) is 5.11. The zero-order valence-corrected chi connectivity index (χ0v) is 16.1. The van der Waals surface area contributed by atoms with Crippen LogP contribution in [0.4, 0.5) is 10.5 Å². The molecule has 0 aromatic carbocycles. The maximum absolute atomic E-state index is 12.8. The molecule has 0 aliphatic carbocycles. The standard InChI is InChI=1S/C19H30N6O/c1-4-22-8-9-23(5-2)11-13-24(12-10-22)19(26)21-17-6-7-18-20-16(3)14-25(18)15-17/h6-7,14-15H,4-5,8-13H2,1-3H3,(H,21,26). The molecule has 0 bridgehead atoms. The van der Waals surface area contributed by atoms with E-state index in [0.29, 0.717) is 0 Å². The molecule has 0 atom stereocenters. The van der Waals surface area contributed by atoms with Gasteiger partial charge in [-0.25, -0.2) is 9.78 Å². The van der Waals surface area contributed by atoms with E-state index in [1.54, 1.807) is 0 Å². The van der Waals surface area contributed by atoms with Crippen molar-refractivity contribution in [3.63, 3.8) is 0 Å². The molecule has 0 spiro atoms. The number of carbonyl (C=O) groups is 1. The molecule has 7 nitrogen and oxygen atoms in total. The Kier molecular flexibility index (Phi) is 6.11. The van der Waals surface area contributed by atoms with Crippen molar-refractivity contribution in [2.24, 2.45) is 0 Å². The van der Waals surface area contributed by atoms with Gasteiger partial charge in [-0.05, 0) is 32.1 Å². The first kappa shape index (κ1) is 18.7. The van der Waals surface area contributed by atoms with Crippen LogP contribution in [0.15, 0.2) is 24.5 Å². The Balaban J connectivity index is 1.68. The molecule has 1 aliphatic heterocycles. The minimum atomic E-state index is -0.0322. The van der Waals surface area contributed by atoms with E-state index in [2.05, 4.69) is 33.9 Å². The summed E-state index contributed by atoms with van der Waals surface area (Å²) in [5.41, 5.74) is 2.65. The van der Waals surface area contributed by atoms with Crippen LogP contribution < -0.4 is 5.32 Å². The van der Waals surface area contributed by atoms with E-state index in [0.717, 1.165) is 69.4 Å². The van der Waals surface area contributed by atoms with Gasteiger partial charge in [0.1, 0.15) is 5.65 Å². The lowest BCUT2D eigenvalue weighted by atomic mass is 10.4. The zero-order chi connectivity index (χ0) is 18.5. The summed E-state index contributed by atoms with van der Waals surface area (Å²) in [4.78, 5) is 24.0. The highest BCUT2D eigenvalue weighted by Gasteiger charge is 2.19. The van der Waals surface area contributed by atoms with Crippen LogP contribution in [-0.2, 0) is 0 Å². The normalized spacial score (nSPS) is 17.7. The van der Waals surface area contributed by atoms with Crippen LogP contribution in [0.3, 0.4) is 0 Å². The molecule has 1 aliphatic rings. The van der Waals surface area contributed by atoms with Gasteiger partial charge in [0.05, 0.1) is 11.4 Å². The number of carbonyl (C=O) groups excluding carboxylic acids is 1. The average Bonchev–Trinajstić information content (AvgIpc) is 3.04. The molecule has 0 saturated carbocycles. The number of aromatic nitrogens is 2. The van der Waals surface area contributed by atoms with Crippen molar-refractivity contribution in [1.29, 1.82) is 0 Å². The van der Waals surface area contributed by atoms with Crippen LogP contribution in [-0.4, -0.2) is 82.5 Å². The average molecular weight is 358 g/mol. The summed E-state index contributed by atoms with van der Waals surface area (Å²) in [7, 11) is 0. The molecule has 1 N–H and O–H groups in total. The van der Waals surface area contributed by atoms with E-state index >= 15 is 0 Å². The summed E-state index contributed by atoms with van der Waals surface area (Å²) in [6, 6.07) is 3.81. The summed E-state index contributed by atoms with van der Waals surface area (Å²) in [5.74, 6) is 0. The number of rotatable bonds is 3. The Hall–Kier alpha value is -2.12. The number of nitrogens with one attached hydrogen (secondary N) is 1. The second kappa shape index (κ2) is 8.51. The van der Waals surface area contributed by atoms with Crippen LogP contribution in [0.25, 0.3) is 5.65 Å². The first-order valence-corrected chi connectivity index (χ1v) is 9.55. The smallest absolute Gasteiger partial charge is 0.321 e. The molecule has 3 rings (SSSR count). The first-order chi connectivity index (χ1) is 12.6. The number of amides is 2. The van der Waals surface area contributed by atoms with Gasteiger partial charge in [-0.2, -0.15) is 0 Å². The maximum Gasteiger partial charge on any atom is 0.321 e. The molecular formula is C19H30N6O. The van der Waals surface area contributed by atoms with Crippen molar-refractivity contribution < 1.29 is 4.79 Å². The molecule has 1 saturated heterocycles. The van der Waals surface area contributed by atoms with Crippen LogP contribution in [0.1, 0.15) is 19.5 Å². The Labute approximate surface area is 155 Å². The second-order valence-electron chi connectivity index (χ2n) is 6.85. The first-order valence-electron chi connectivity index (χ1n) is 9.55. The predicted molar refractivity (Wildman–Crippen MR) is 105 cm³/mol. The highest BCUT2D eigenvalue weighted by atomic mass is 16.2. The molecule has 142 valence electrons. The van der Waals surface area contributed by atoms with Crippen LogP contribution >= 0.6 is 0 Å². The number of urea groups is 1. The number of pyridine rings is 1. The van der Waals surface area contributed by atoms with Crippen LogP contribution in [0.2, 0.25) is 0 Å². The number of fused-ring (bicyclic) bond motifs is 1. The molecule has 2 aromatic rings. The highest BCUT2D eigenvalue weighted by Crippen LogP contribution is 2.12. The number of nitrogens with zero attached hydrogens (tertiary/aromatic N) is 5. The molecule has 7 heteroatoms. The minimum Gasteiger partial charge on any atom is -0.322 e. The summed E-state index contributed by atoms with van der Waals surface area (Å²) in [5, 5.41) is 3.05. The lowest BCUT2D eigenvalue weighted by molar-refractivity contribution is 0.199. The summed E-state index contributed by atoms with van der Waals surface area (Å²) < 4.78 is 1.95. The van der Waals surface area contributed by atoms with Crippen molar-refractivity contribution in [2.75, 3.05) is 57.7 Å². The topological polar surface area (TPSA) is 56.1 Å². The van der Waals surface area contributed by atoms with Gasteiger partial charge in [-0.3, -0.25) is 0 Å². The van der Waals surface area contributed by atoms with Crippen molar-refractivity contribution >= 4 is 17.4 Å². The third kappa shape index (κ3) is 4.53.